The van der Waals surface area contributed by atoms with E-state index in [1.807, 2.05) is 31.1 Å². The van der Waals surface area contributed by atoms with Crippen molar-refractivity contribution in [2.24, 2.45) is 0 Å². The Hall–Kier alpha value is -2.60. The molecular weight excluding hydrogens is 296 g/mol. The molecule has 23 heavy (non-hydrogen) atoms. The minimum atomic E-state index is -1.24. The maximum atomic E-state index is 11.5. The highest BCUT2D eigenvalue weighted by molar-refractivity contribution is 5.47. The molecule has 0 radical (unpaired) electrons. The molecule has 0 amide bonds. The number of nitro groups is 1. The Labute approximate surface area is 134 Å². The summed E-state index contributed by atoms with van der Waals surface area (Å²) in [6.45, 7) is 0. The van der Waals surface area contributed by atoms with E-state index >= 15 is 0 Å². The fourth-order valence-corrected chi connectivity index (χ4v) is 2.84. The second-order valence-corrected chi connectivity index (χ2v) is 5.78. The number of anilines is 1. The first kappa shape index (κ1) is 15.3. The predicted octanol–water partition coefficient (Wildman–Crippen LogP) is 2.57. The van der Waals surface area contributed by atoms with E-state index in [-0.39, 0.29) is 0 Å². The molecule has 0 fully saturated rings. The lowest BCUT2D eigenvalue weighted by molar-refractivity contribution is -0.549. The van der Waals surface area contributed by atoms with Gasteiger partial charge in [-0.25, -0.2) is 0 Å². The number of rotatable bonds is 3. The van der Waals surface area contributed by atoms with Crippen LogP contribution in [-0.4, -0.2) is 30.2 Å². The maximum absolute atomic E-state index is 11.5. The zero-order valence-corrected chi connectivity index (χ0v) is 12.9. The third-order valence-electron chi connectivity index (χ3n) is 4.11. The molecule has 3 atom stereocenters. The lowest BCUT2D eigenvalue weighted by Gasteiger charge is -2.32. The van der Waals surface area contributed by atoms with Gasteiger partial charge in [0, 0.05) is 30.3 Å². The van der Waals surface area contributed by atoms with E-state index in [1.165, 1.54) is 0 Å². The summed E-state index contributed by atoms with van der Waals surface area (Å²) in [6.07, 6.45) is -2.03. The van der Waals surface area contributed by atoms with Crippen LogP contribution in [0.3, 0.4) is 0 Å². The summed E-state index contributed by atoms with van der Waals surface area (Å²) in [5, 5.41) is 21.9. The molecule has 1 aliphatic rings. The average molecular weight is 314 g/mol. The highest BCUT2D eigenvalue weighted by atomic mass is 16.6. The van der Waals surface area contributed by atoms with Gasteiger partial charge >= 0.3 is 0 Å². The van der Waals surface area contributed by atoms with Crippen molar-refractivity contribution in [2.45, 2.75) is 18.2 Å². The van der Waals surface area contributed by atoms with E-state index in [0.29, 0.717) is 16.9 Å². The maximum Gasteiger partial charge on any atom is 0.283 e. The van der Waals surface area contributed by atoms with Crippen molar-refractivity contribution < 1.29 is 14.8 Å². The number of ether oxygens (including phenoxy) is 1. The van der Waals surface area contributed by atoms with Gasteiger partial charge in [-0.2, -0.15) is 0 Å². The van der Waals surface area contributed by atoms with Crippen molar-refractivity contribution in [2.75, 3.05) is 19.0 Å². The molecule has 0 aliphatic carbocycles. The topological polar surface area (TPSA) is 75.8 Å². The second kappa shape index (κ2) is 5.89. The summed E-state index contributed by atoms with van der Waals surface area (Å²) in [5.41, 5.74) is 2.12. The first-order chi connectivity index (χ1) is 11.0. The molecule has 120 valence electrons. The Bertz CT molecular complexity index is 715. The molecule has 0 saturated heterocycles. The average Bonchev–Trinajstić information content (AvgIpc) is 2.54. The Morgan fingerprint density at radius 3 is 2.39 bits per heavy atom. The molecule has 1 unspecified atom stereocenters. The summed E-state index contributed by atoms with van der Waals surface area (Å²) >= 11 is 0. The van der Waals surface area contributed by atoms with E-state index in [4.69, 9.17) is 4.74 Å². The van der Waals surface area contributed by atoms with Crippen molar-refractivity contribution in [1.29, 1.82) is 0 Å². The van der Waals surface area contributed by atoms with Crippen LogP contribution in [0.5, 0.6) is 5.75 Å². The molecule has 1 aliphatic heterocycles. The third-order valence-corrected chi connectivity index (χ3v) is 4.11. The lowest BCUT2D eigenvalue weighted by Crippen LogP contribution is -2.40. The van der Waals surface area contributed by atoms with Gasteiger partial charge in [-0.1, -0.05) is 30.3 Å². The van der Waals surface area contributed by atoms with Crippen molar-refractivity contribution in [1.82, 2.24) is 0 Å². The fourth-order valence-electron chi connectivity index (χ4n) is 2.84. The van der Waals surface area contributed by atoms with E-state index in [2.05, 4.69) is 0 Å². The third kappa shape index (κ3) is 2.73. The molecule has 1 N–H and O–H groups in total. The first-order valence-electron chi connectivity index (χ1n) is 7.33. The lowest BCUT2D eigenvalue weighted by atomic mass is 9.90. The van der Waals surface area contributed by atoms with E-state index in [0.717, 1.165) is 5.69 Å². The van der Waals surface area contributed by atoms with Gasteiger partial charge in [-0.3, -0.25) is 10.1 Å². The van der Waals surface area contributed by atoms with Crippen LogP contribution in [0.15, 0.2) is 48.5 Å². The quantitative estimate of drug-likeness (QED) is 0.696. The van der Waals surface area contributed by atoms with Crippen LogP contribution in [0.2, 0.25) is 0 Å². The van der Waals surface area contributed by atoms with Crippen LogP contribution < -0.4 is 9.64 Å². The van der Waals surface area contributed by atoms with Crippen molar-refractivity contribution in [3.63, 3.8) is 0 Å². The van der Waals surface area contributed by atoms with E-state index in [1.54, 1.807) is 36.4 Å². The van der Waals surface area contributed by atoms with Gasteiger partial charge in [0.2, 0.25) is 0 Å². The molecule has 0 spiro atoms. The number of benzene rings is 2. The fraction of sp³-hybridized carbons (Fsp3) is 0.294. The normalized spacial score (nSPS) is 22.8. The molecule has 0 aromatic heterocycles. The number of hydrogen-bond acceptors (Lipinski definition) is 5. The van der Waals surface area contributed by atoms with Crippen molar-refractivity contribution >= 4 is 5.69 Å². The minimum Gasteiger partial charge on any atom is -0.478 e. The van der Waals surface area contributed by atoms with Gasteiger partial charge in [0.15, 0.2) is 12.2 Å². The number of para-hydroxylation sites is 1. The molecule has 3 rings (SSSR count). The molecule has 1 heterocycles. The molecule has 6 heteroatoms. The Morgan fingerprint density at radius 1 is 1.13 bits per heavy atom. The molecule has 0 bridgehead atoms. The number of aliphatic hydroxyl groups excluding tert-OH is 1. The Morgan fingerprint density at radius 2 is 1.78 bits per heavy atom. The smallest absolute Gasteiger partial charge is 0.283 e. The molecule has 2 aromatic carbocycles. The van der Waals surface area contributed by atoms with Gasteiger partial charge in [-0.05, 0) is 23.8 Å². The summed E-state index contributed by atoms with van der Waals surface area (Å²) in [4.78, 5) is 13.0. The van der Waals surface area contributed by atoms with Gasteiger partial charge in [0.25, 0.3) is 6.04 Å². The van der Waals surface area contributed by atoms with Gasteiger partial charge in [0.05, 0.1) is 0 Å². The van der Waals surface area contributed by atoms with Crippen molar-refractivity contribution in [3.05, 3.63) is 69.8 Å². The zero-order chi connectivity index (χ0) is 16.6. The van der Waals surface area contributed by atoms with Gasteiger partial charge in [-0.15, -0.1) is 0 Å². The largest absolute Gasteiger partial charge is 0.478 e. The number of nitrogens with zero attached hydrogens (tertiary/aromatic N) is 2. The van der Waals surface area contributed by atoms with Gasteiger partial charge in [0.1, 0.15) is 5.75 Å². The SMILES string of the molecule is CN(C)c1ccc([C@@H]2Oc3ccccc3[C@H](O)C2[N+](=O)[O-])cc1. The summed E-state index contributed by atoms with van der Waals surface area (Å²) in [7, 11) is 3.85. The Balaban J connectivity index is 2.01. The summed E-state index contributed by atoms with van der Waals surface area (Å²) < 4.78 is 5.85. The minimum absolute atomic E-state index is 0.454. The molecule has 0 saturated carbocycles. The highest BCUT2D eigenvalue weighted by Crippen LogP contribution is 2.42. The first-order valence-corrected chi connectivity index (χ1v) is 7.33. The summed E-state index contributed by atoms with van der Waals surface area (Å²) in [6, 6.07) is 13.0. The highest BCUT2D eigenvalue weighted by Gasteiger charge is 2.46. The molecular formula is C17H18N2O4. The monoisotopic (exact) mass is 314 g/mol. The number of hydrogen-bond donors (Lipinski definition) is 1. The standard InChI is InChI=1S/C17H18N2O4/c1-18(2)12-9-7-11(8-10-12)17-15(19(21)22)16(20)13-5-3-4-6-14(13)23-17/h3-10,15-17,20H,1-2H3/t15?,16-,17-/m0/s1. The second-order valence-electron chi connectivity index (χ2n) is 5.78. The number of fused-ring (bicyclic) bond motifs is 1. The van der Waals surface area contributed by atoms with Crippen LogP contribution in [0.1, 0.15) is 23.3 Å². The van der Waals surface area contributed by atoms with Crippen molar-refractivity contribution in [3.8, 4) is 5.75 Å². The summed E-state index contributed by atoms with van der Waals surface area (Å²) in [5.74, 6) is 0.486. The van der Waals surface area contributed by atoms with Crippen LogP contribution in [0.4, 0.5) is 5.69 Å². The predicted molar refractivity (Wildman–Crippen MR) is 86.3 cm³/mol. The van der Waals surface area contributed by atoms with E-state index in [9.17, 15) is 15.2 Å². The van der Waals surface area contributed by atoms with Crippen LogP contribution in [0.25, 0.3) is 0 Å². The van der Waals surface area contributed by atoms with Crippen LogP contribution in [-0.2, 0) is 0 Å². The van der Waals surface area contributed by atoms with Crippen LogP contribution >= 0.6 is 0 Å². The van der Waals surface area contributed by atoms with Crippen LogP contribution in [0, 0.1) is 10.1 Å². The number of aliphatic hydroxyl groups is 1. The van der Waals surface area contributed by atoms with Gasteiger partial charge < -0.3 is 14.7 Å². The molecule has 2 aromatic rings. The Kier molecular flexibility index (Phi) is 3.92. The zero-order valence-electron chi connectivity index (χ0n) is 12.9. The van der Waals surface area contributed by atoms with E-state index < -0.39 is 23.2 Å². The molecule has 6 nitrogen and oxygen atoms in total.